The van der Waals surface area contributed by atoms with Crippen molar-refractivity contribution in [1.29, 1.82) is 0 Å². The molecule has 0 aliphatic carbocycles. The molecule has 0 saturated heterocycles. The summed E-state index contributed by atoms with van der Waals surface area (Å²) in [6, 6.07) is 0. The topological polar surface area (TPSA) is 65.7 Å². The number of hydrogen-bond donors (Lipinski definition) is 2. The van der Waals surface area contributed by atoms with Crippen LogP contribution in [0.4, 0.5) is 0 Å². The number of aromatic amines is 2. The highest BCUT2D eigenvalue weighted by Crippen LogP contribution is 1.76. The number of hydrogen-bond acceptors (Lipinski definition) is 2. The number of H-pyrrole nitrogens is 2. The molecule has 0 spiro atoms. The third kappa shape index (κ3) is 13.2. The van der Waals surface area contributed by atoms with E-state index >= 15 is 0 Å². The Morgan fingerprint density at radius 3 is 1.76 bits per heavy atom. The summed E-state index contributed by atoms with van der Waals surface area (Å²) in [6.07, 6.45) is 3.55. The zero-order valence-electron chi connectivity index (χ0n) is 10.5. The zero-order chi connectivity index (χ0) is 13.7. The van der Waals surface area contributed by atoms with E-state index in [9.17, 15) is 9.59 Å². The van der Waals surface area contributed by atoms with Crippen molar-refractivity contribution >= 4 is 23.2 Å². The molecule has 1 heterocycles. The Morgan fingerprint density at radius 1 is 1.12 bits per heavy atom. The third-order valence-electron chi connectivity index (χ3n) is 1.38. The van der Waals surface area contributed by atoms with Crippen LogP contribution in [0.2, 0.25) is 0 Å². The van der Waals surface area contributed by atoms with Crippen LogP contribution < -0.4 is 11.2 Å². The molecule has 6 heteroatoms. The van der Waals surface area contributed by atoms with Gasteiger partial charge in [0.05, 0.1) is 0 Å². The average Bonchev–Trinajstić information content (AvgIpc) is 2.35. The molecule has 0 atom stereocenters. The smallest absolute Gasteiger partial charge is 0.314 e. The molecule has 1 aromatic rings. The summed E-state index contributed by atoms with van der Waals surface area (Å²) < 4.78 is 0. The first-order valence-electron chi connectivity index (χ1n) is 5.43. The molecule has 1 aromatic heterocycles. The third-order valence-corrected chi connectivity index (χ3v) is 2.14. The monoisotopic (exact) mass is 282 g/mol. The van der Waals surface area contributed by atoms with Crippen LogP contribution in [-0.2, 0) is 0 Å². The number of aryl methyl sites for hydroxylation is 1. The van der Waals surface area contributed by atoms with Crippen LogP contribution >= 0.6 is 23.2 Å². The summed E-state index contributed by atoms with van der Waals surface area (Å²) >= 11 is 10.4. The van der Waals surface area contributed by atoms with Crippen molar-refractivity contribution in [1.82, 2.24) is 9.97 Å². The lowest BCUT2D eigenvalue weighted by atomic mass is 10.4. The molecule has 0 fully saturated rings. The van der Waals surface area contributed by atoms with Crippen molar-refractivity contribution in [3.05, 3.63) is 32.6 Å². The second kappa shape index (κ2) is 13.3. The molecular formula is C11H20Cl2N2O2. The highest BCUT2D eigenvalue weighted by Gasteiger charge is 1.88. The fourth-order valence-electron chi connectivity index (χ4n) is 0.477. The molecule has 0 aliphatic heterocycles. The van der Waals surface area contributed by atoms with Crippen LogP contribution in [0.25, 0.3) is 0 Å². The maximum absolute atomic E-state index is 10.6. The Kier molecular flexibility index (Phi) is 14.6. The summed E-state index contributed by atoms with van der Waals surface area (Å²) in [5, 5.41) is 0. The van der Waals surface area contributed by atoms with E-state index in [1.807, 2.05) is 13.8 Å². The summed E-state index contributed by atoms with van der Waals surface area (Å²) in [5.41, 5.74) is -0.293. The van der Waals surface area contributed by atoms with Gasteiger partial charge in [-0.3, -0.25) is 9.78 Å². The van der Waals surface area contributed by atoms with Crippen LogP contribution in [0.3, 0.4) is 0 Å². The Hall–Kier alpha value is -0.740. The molecule has 0 aromatic carbocycles. The number of halogens is 2. The first kappa shape index (κ1) is 18.6. The van der Waals surface area contributed by atoms with Gasteiger partial charge in [-0.2, -0.15) is 0 Å². The predicted molar refractivity (Wildman–Crippen MR) is 74.4 cm³/mol. The first-order valence-corrected chi connectivity index (χ1v) is 6.50. The quantitative estimate of drug-likeness (QED) is 0.819. The van der Waals surface area contributed by atoms with Gasteiger partial charge in [0.15, 0.2) is 0 Å². The molecular weight excluding hydrogens is 263 g/mol. The number of rotatable bonds is 2. The van der Waals surface area contributed by atoms with Crippen LogP contribution in [-0.4, -0.2) is 21.7 Å². The Labute approximate surface area is 111 Å². The molecule has 0 radical (unpaired) electrons. The Bertz CT molecular complexity index is 366. The number of nitrogens with one attached hydrogen (secondary N) is 2. The van der Waals surface area contributed by atoms with Gasteiger partial charge in [-0.25, -0.2) is 4.79 Å². The van der Waals surface area contributed by atoms with Gasteiger partial charge in [0.2, 0.25) is 0 Å². The molecule has 0 bridgehead atoms. The maximum atomic E-state index is 10.6. The van der Waals surface area contributed by atoms with Crippen LogP contribution in [0, 0.1) is 6.92 Å². The van der Waals surface area contributed by atoms with E-state index in [1.54, 1.807) is 6.92 Å². The van der Waals surface area contributed by atoms with E-state index in [0.717, 1.165) is 24.6 Å². The lowest BCUT2D eigenvalue weighted by Crippen LogP contribution is -2.22. The summed E-state index contributed by atoms with van der Waals surface area (Å²) in [7, 11) is 0. The van der Waals surface area contributed by atoms with E-state index < -0.39 is 5.69 Å². The van der Waals surface area contributed by atoms with Gasteiger partial charge in [0.25, 0.3) is 5.56 Å². The standard InChI is InChI=1S/C5H6N2O2.2C3H7Cl/c1-3-2-6-5(9)7-4(3)8;2*1-2-3-4/h2H,1H3,(H2,6,7,8,9);2*2-3H2,1H3. The van der Waals surface area contributed by atoms with Gasteiger partial charge in [0, 0.05) is 23.5 Å². The lowest BCUT2D eigenvalue weighted by Gasteiger charge is -1.84. The molecule has 1 rings (SSSR count). The average molecular weight is 283 g/mol. The molecule has 0 amide bonds. The Balaban J connectivity index is 0. The van der Waals surface area contributed by atoms with Crippen LogP contribution in [0.15, 0.2) is 15.8 Å². The fraction of sp³-hybridized carbons (Fsp3) is 0.636. The number of aromatic nitrogens is 2. The maximum Gasteiger partial charge on any atom is 0.325 e. The summed E-state index contributed by atoms with van der Waals surface area (Å²) in [5.74, 6) is 1.58. The van der Waals surface area contributed by atoms with Gasteiger partial charge < -0.3 is 4.98 Å². The highest BCUT2D eigenvalue weighted by molar-refractivity contribution is 6.18. The SMILES string of the molecule is CCCCl.CCCCl.Cc1c[nH]c(=O)[nH]c1=O. The largest absolute Gasteiger partial charge is 0.325 e. The van der Waals surface area contributed by atoms with Crippen molar-refractivity contribution < 1.29 is 0 Å². The van der Waals surface area contributed by atoms with E-state index in [1.165, 1.54) is 6.20 Å². The van der Waals surface area contributed by atoms with Gasteiger partial charge in [0.1, 0.15) is 0 Å². The van der Waals surface area contributed by atoms with E-state index in [4.69, 9.17) is 23.2 Å². The molecule has 100 valence electrons. The number of alkyl halides is 2. The minimum atomic E-state index is -0.467. The van der Waals surface area contributed by atoms with Crippen molar-refractivity contribution in [3.63, 3.8) is 0 Å². The minimum Gasteiger partial charge on any atom is -0.314 e. The highest BCUT2D eigenvalue weighted by atomic mass is 35.5. The van der Waals surface area contributed by atoms with Crippen molar-refractivity contribution in [2.24, 2.45) is 0 Å². The lowest BCUT2D eigenvalue weighted by molar-refractivity contribution is 1.01. The predicted octanol–water partition coefficient (Wildman–Crippen LogP) is 2.64. The van der Waals surface area contributed by atoms with Crippen LogP contribution in [0.1, 0.15) is 32.3 Å². The molecule has 2 N–H and O–H groups in total. The van der Waals surface area contributed by atoms with Gasteiger partial charge >= 0.3 is 5.69 Å². The first-order chi connectivity index (χ1) is 8.03. The van der Waals surface area contributed by atoms with Crippen LogP contribution in [0.5, 0.6) is 0 Å². The second-order valence-electron chi connectivity index (χ2n) is 3.13. The molecule has 0 saturated carbocycles. The molecule has 0 aliphatic rings. The summed E-state index contributed by atoms with van der Waals surface area (Å²) in [6.45, 7) is 5.72. The van der Waals surface area contributed by atoms with Gasteiger partial charge in [-0.1, -0.05) is 13.8 Å². The minimum absolute atomic E-state index is 0.334. The zero-order valence-corrected chi connectivity index (χ0v) is 12.0. The van der Waals surface area contributed by atoms with E-state index in [0.29, 0.717) is 5.56 Å². The van der Waals surface area contributed by atoms with E-state index in [2.05, 4.69) is 9.97 Å². The van der Waals surface area contributed by atoms with Gasteiger partial charge in [-0.05, 0) is 19.8 Å². The van der Waals surface area contributed by atoms with Gasteiger partial charge in [-0.15, -0.1) is 23.2 Å². The Morgan fingerprint density at radius 2 is 1.53 bits per heavy atom. The van der Waals surface area contributed by atoms with Crippen molar-refractivity contribution in [2.45, 2.75) is 33.6 Å². The fourth-order valence-corrected chi connectivity index (χ4v) is 0.477. The molecule has 4 nitrogen and oxygen atoms in total. The summed E-state index contributed by atoms with van der Waals surface area (Å²) in [4.78, 5) is 25.3. The molecule has 17 heavy (non-hydrogen) atoms. The van der Waals surface area contributed by atoms with Crippen molar-refractivity contribution in [2.75, 3.05) is 11.8 Å². The second-order valence-corrected chi connectivity index (χ2v) is 3.89. The molecule has 0 unspecified atom stereocenters. The van der Waals surface area contributed by atoms with Crippen molar-refractivity contribution in [3.8, 4) is 0 Å². The normalized spacial score (nSPS) is 8.53. The van der Waals surface area contributed by atoms with E-state index in [-0.39, 0.29) is 5.56 Å².